The number of hydrogen-bond donors (Lipinski definition) is 1. The van der Waals surface area contributed by atoms with E-state index < -0.39 is 0 Å². The van der Waals surface area contributed by atoms with Crippen molar-refractivity contribution in [3.8, 4) is 5.75 Å². The molecule has 0 bridgehead atoms. The van der Waals surface area contributed by atoms with E-state index in [1.54, 1.807) is 7.11 Å². The number of nitrogens with one attached hydrogen (secondary N) is 1. The Morgan fingerprint density at radius 3 is 2.86 bits per heavy atom. The number of rotatable bonds is 6. The Bertz CT molecular complexity index is 508. The molecule has 1 N–H and O–H groups in total. The normalized spacial score (nSPS) is 19.1. The van der Waals surface area contributed by atoms with Gasteiger partial charge in [0.15, 0.2) is 0 Å². The molecule has 21 heavy (non-hydrogen) atoms. The molecule has 1 amide bonds. The van der Waals surface area contributed by atoms with Crippen LogP contribution in [0.5, 0.6) is 5.75 Å². The molecule has 1 aliphatic rings. The molecule has 0 radical (unpaired) electrons. The predicted octanol–water partition coefficient (Wildman–Crippen LogP) is 3.77. The van der Waals surface area contributed by atoms with Crippen molar-refractivity contribution in [1.29, 1.82) is 0 Å². The summed E-state index contributed by atoms with van der Waals surface area (Å²) in [6, 6.07) is 6.42. The third kappa shape index (κ3) is 3.58. The average molecular weight is 289 g/mol. The summed E-state index contributed by atoms with van der Waals surface area (Å²) in [7, 11) is 1.71. The summed E-state index contributed by atoms with van der Waals surface area (Å²) in [4.78, 5) is 11.6. The average Bonchev–Trinajstić information content (AvgIpc) is 2.70. The van der Waals surface area contributed by atoms with E-state index in [2.05, 4.69) is 31.3 Å². The summed E-state index contributed by atoms with van der Waals surface area (Å²) >= 11 is 0. The third-order valence-electron chi connectivity index (χ3n) is 4.48. The molecule has 3 heteroatoms. The number of amides is 1. The molecule has 0 aliphatic heterocycles. The van der Waals surface area contributed by atoms with Crippen LogP contribution in [0.15, 0.2) is 18.2 Å². The maximum absolute atomic E-state index is 11.6. The van der Waals surface area contributed by atoms with Crippen LogP contribution in [0.3, 0.4) is 0 Å². The second-order valence-electron chi connectivity index (χ2n) is 6.63. The van der Waals surface area contributed by atoms with Gasteiger partial charge in [-0.3, -0.25) is 4.79 Å². The van der Waals surface area contributed by atoms with Crippen molar-refractivity contribution < 1.29 is 9.53 Å². The first kappa shape index (κ1) is 15.9. The van der Waals surface area contributed by atoms with Crippen molar-refractivity contribution in [2.45, 2.75) is 57.8 Å². The zero-order valence-corrected chi connectivity index (χ0v) is 13.7. The van der Waals surface area contributed by atoms with E-state index in [0.717, 1.165) is 31.6 Å². The topological polar surface area (TPSA) is 38.3 Å². The minimum atomic E-state index is 0.167. The SMILES string of the molecule is CCCC(=O)NCCC1CC(C)(C)c2ccc(OC)cc21. The largest absolute Gasteiger partial charge is 0.497 e. The number of ether oxygens (including phenoxy) is 1. The van der Waals surface area contributed by atoms with Crippen molar-refractivity contribution in [1.82, 2.24) is 5.32 Å². The van der Waals surface area contributed by atoms with E-state index in [1.807, 2.05) is 13.0 Å². The lowest BCUT2D eigenvalue weighted by Gasteiger charge is -2.19. The van der Waals surface area contributed by atoms with Gasteiger partial charge in [-0.15, -0.1) is 0 Å². The number of fused-ring (bicyclic) bond motifs is 1. The van der Waals surface area contributed by atoms with Crippen LogP contribution in [0.25, 0.3) is 0 Å². The Kier molecular flexibility index (Phi) is 4.92. The zero-order valence-electron chi connectivity index (χ0n) is 13.7. The van der Waals surface area contributed by atoms with Crippen LogP contribution in [0.4, 0.5) is 0 Å². The first-order valence-corrected chi connectivity index (χ1v) is 7.93. The molecule has 1 atom stereocenters. The molecule has 1 aromatic rings. The molecule has 0 heterocycles. The fourth-order valence-electron chi connectivity index (χ4n) is 3.42. The highest BCUT2D eigenvalue weighted by Gasteiger charge is 2.36. The summed E-state index contributed by atoms with van der Waals surface area (Å²) in [5.41, 5.74) is 3.02. The van der Waals surface area contributed by atoms with Crippen molar-refractivity contribution in [3.05, 3.63) is 29.3 Å². The Hall–Kier alpha value is -1.51. The highest BCUT2D eigenvalue weighted by Crippen LogP contribution is 2.48. The van der Waals surface area contributed by atoms with Gasteiger partial charge < -0.3 is 10.1 Å². The third-order valence-corrected chi connectivity index (χ3v) is 4.48. The van der Waals surface area contributed by atoms with Gasteiger partial charge in [0.2, 0.25) is 5.91 Å². The quantitative estimate of drug-likeness (QED) is 0.865. The number of carbonyl (C=O) groups is 1. The van der Waals surface area contributed by atoms with Crippen LogP contribution in [0, 0.1) is 0 Å². The van der Waals surface area contributed by atoms with Gasteiger partial charge in [0.1, 0.15) is 5.75 Å². The maximum Gasteiger partial charge on any atom is 0.219 e. The molecule has 0 aromatic heterocycles. The minimum Gasteiger partial charge on any atom is -0.497 e. The minimum absolute atomic E-state index is 0.167. The van der Waals surface area contributed by atoms with Crippen LogP contribution in [0.1, 0.15) is 63.5 Å². The molecule has 0 saturated heterocycles. The number of hydrogen-bond acceptors (Lipinski definition) is 2. The molecule has 0 fully saturated rings. The molecule has 1 unspecified atom stereocenters. The Balaban J connectivity index is 2.04. The molecule has 2 rings (SSSR count). The first-order valence-electron chi connectivity index (χ1n) is 7.93. The molecule has 1 aromatic carbocycles. The molecule has 116 valence electrons. The van der Waals surface area contributed by atoms with Gasteiger partial charge in [0.05, 0.1) is 7.11 Å². The fourth-order valence-corrected chi connectivity index (χ4v) is 3.42. The van der Waals surface area contributed by atoms with Crippen molar-refractivity contribution in [3.63, 3.8) is 0 Å². The van der Waals surface area contributed by atoms with Gasteiger partial charge in [-0.1, -0.05) is 26.8 Å². The monoisotopic (exact) mass is 289 g/mol. The van der Waals surface area contributed by atoms with Gasteiger partial charge in [-0.25, -0.2) is 0 Å². The second-order valence-corrected chi connectivity index (χ2v) is 6.63. The van der Waals surface area contributed by atoms with Gasteiger partial charge >= 0.3 is 0 Å². The molecular weight excluding hydrogens is 262 g/mol. The van der Waals surface area contributed by atoms with E-state index in [1.165, 1.54) is 11.1 Å². The molecule has 1 aliphatic carbocycles. The van der Waals surface area contributed by atoms with Crippen LogP contribution < -0.4 is 10.1 Å². The zero-order chi connectivity index (χ0) is 15.5. The second kappa shape index (κ2) is 6.50. The molecule has 3 nitrogen and oxygen atoms in total. The van der Waals surface area contributed by atoms with Gasteiger partial charge in [0.25, 0.3) is 0 Å². The van der Waals surface area contributed by atoms with Gasteiger partial charge in [0, 0.05) is 13.0 Å². The Morgan fingerprint density at radius 2 is 2.19 bits per heavy atom. The van der Waals surface area contributed by atoms with E-state index in [9.17, 15) is 4.79 Å². The lowest BCUT2D eigenvalue weighted by molar-refractivity contribution is -0.121. The summed E-state index contributed by atoms with van der Waals surface area (Å²) in [5.74, 6) is 1.60. The van der Waals surface area contributed by atoms with E-state index >= 15 is 0 Å². The lowest BCUT2D eigenvalue weighted by atomic mass is 9.86. The van der Waals surface area contributed by atoms with E-state index in [0.29, 0.717) is 12.3 Å². The van der Waals surface area contributed by atoms with Crippen LogP contribution in [-0.2, 0) is 10.2 Å². The maximum atomic E-state index is 11.6. The highest BCUT2D eigenvalue weighted by atomic mass is 16.5. The standard InChI is InChI=1S/C18H27NO2/c1-5-6-17(20)19-10-9-13-12-18(2,3)16-8-7-14(21-4)11-15(13)16/h7-8,11,13H,5-6,9-10,12H2,1-4H3,(H,19,20). The van der Waals surface area contributed by atoms with E-state index in [-0.39, 0.29) is 11.3 Å². The summed E-state index contributed by atoms with van der Waals surface area (Å²) < 4.78 is 5.36. The highest BCUT2D eigenvalue weighted by molar-refractivity contribution is 5.75. The van der Waals surface area contributed by atoms with Crippen molar-refractivity contribution in [2.24, 2.45) is 0 Å². The van der Waals surface area contributed by atoms with Crippen LogP contribution >= 0.6 is 0 Å². The smallest absolute Gasteiger partial charge is 0.219 e. The Morgan fingerprint density at radius 1 is 1.43 bits per heavy atom. The van der Waals surface area contributed by atoms with E-state index in [4.69, 9.17) is 4.74 Å². The molecular formula is C18H27NO2. The van der Waals surface area contributed by atoms with Crippen LogP contribution in [0.2, 0.25) is 0 Å². The van der Waals surface area contributed by atoms with Crippen LogP contribution in [-0.4, -0.2) is 19.6 Å². The Labute approximate surface area is 128 Å². The van der Waals surface area contributed by atoms with Gasteiger partial charge in [-0.05, 0) is 53.9 Å². The summed E-state index contributed by atoms with van der Waals surface area (Å²) in [6.07, 6.45) is 3.67. The summed E-state index contributed by atoms with van der Waals surface area (Å²) in [5, 5.41) is 3.03. The number of carbonyl (C=O) groups excluding carboxylic acids is 1. The van der Waals surface area contributed by atoms with Crippen molar-refractivity contribution in [2.75, 3.05) is 13.7 Å². The molecule has 0 spiro atoms. The van der Waals surface area contributed by atoms with Crippen molar-refractivity contribution >= 4 is 5.91 Å². The van der Waals surface area contributed by atoms with Gasteiger partial charge in [-0.2, -0.15) is 0 Å². The summed E-state index contributed by atoms with van der Waals surface area (Å²) in [6.45, 7) is 7.39. The number of benzene rings is 1. The molecule has 0 saturated carbocycles. The first-order chi connectivity index (χ1) is 9.97. The fraction of sp³-hybridized carbons (Fsp3) is 0.611. The predicted molar refractivity (Wildman–Crippen MR) is 85.9 cm³/mol. The number of methoxy groups -OCH3 is 1. The lowest BCUT2D eigenvalue weighted by Crippen LogP contribution is -2.25.